The number of nitrogens with zero attached hydrogens (tertiary/aromatic N) is 1. The predicted octanol–water partition coefficient (Wildman–Crippen LogP) is 3.03. The van der Waals surface area contributed by atoms with Crippen molar-refractivity contribution in [3.63, 3.8) is 0 Å². The van der Waals surface area contributed by atoms with Gasteiger partial charge in [0.05, 0.1) is 6.42 Å². The van der Waals surface area contributed by atoms with Crippen LogP contribution in [0, 0.1) is 18.3 Å². The third-order valence-corrected chi connectivity index (χ3v) is 6.30. The van der Waals surface area contributed by atoms with E-state index in [0.717, 1.165) is 5.56 Å². The predicted molar refractivity (Wildman–Crippen MR) is 147 cm³/mol. The van der Waals surface area contributed by atoms with Crippen molar-refractivity contribution in [3.8, 4) is 12.3 Å². The minimum Gasteiger partial charge on any atom is -0.444 e. The van der Waals surface area contributed by atoms with Crippen molar-refractivity contribution in [1.29, 1.82) is 0 Å². The largest absolute Gasteiger partial charge is 0.444 e. The van der Waals surface area contributed by atoms with Crippen LogP contribution in [0.15, 0.2) is 54.6 Å². The van der Waals surface area contributed by atoms with Gasteiger partial charge in [-0.3, -0.25) is 14.4 Å². The number of rotatable bonds is 10. The molecule has 0 radical (unpaired) electrons. The van der Waals surface area contributed by atoms with Gasteiger partial charge in [0.2, 0.25) is 17.7 Å². The number of alkyl carbamates (subject to hydrolysis) is 1. The van der Waals surface area contributed by atoms with Crippen LogP contribution in [0.3, 0.4) is 0 Å². The highest BCUT2D eigenvalue weighted by Crippen LogP contribution is 2.41. The first-order chi connectivity index (χ1) is 18.4. The summed E-state index contributed by atoms with van der Waals surface area (Å²) in [6.07, 6.45) is 4.86. The van der Waals surface area contributed by atoms with Gasteiger partial charge in [-0.05, 0) is 56.4 Å². The van der Waals surface area contributed by atoms with E-state index in [4.69, 9.17) is 16.9 Å². The number of amides is 4. The quantitative estimate of drug-likeness (QED) is 0.405. The van der Waals surface area contributed by atoms with Crippen molar-refractivity contribution >= 4 is 23.8 Å². The van der Waals surface area contributed by atoms with Crippen LogP contribution >= 0.6 is 0 Å². The van der Waals surface area contributed by atoms with Crippen molar-refractivity contribution in [1.82, 2.24) is 15.5 Å². The summed E-state index contributed by atoms with van der Waals surface area (Å²) in [6, 6.07) is 13.6. The maximum atomic E-state index is 14.1. The number of nitrogens with one attached hydrogen (secondary N) is 2. The van der Waals surface area contributed by atoms with Gasteiger partial charge >= 0.3 is 6.09 Å². The van der Waals surface area contributed by atoms with E-state index in [1.54, 1.807) is 45.0 Å². The second kappa shape index (κ2) is 12.5. The van der Waals surface area contributed by atoms with E-state index in [0.29, 0.717) is 17.5 Å². The van der Waals surface area contributed by atoms with E-state index in [2.05, 4.69) is 16.6 Å². The van der Waals surface area contributed by atoms with Crippen molar-refractivity contribution in [2.45, 2.75) is 70.8 Å². The molecule has 0 heterocycles. The Morgan fingerprint density at radius 3 is 2.23 bits per heavy atom. The van der Waals surface area contributed by atoms with E-state index in [1.807, 2.05) is 37.3 Å². The minimum atomic E-state index is -1.32. The zero-order chi connectivity index (χ0) is 28.7. The molecular formula is C30H36N4O5. The maximum Gasteiger partial charge on any atom is 0.408 e. The van der Waals surface area contributed by atoms with Crippen LogP contribution in [0.4, 0.5) is 4.79 Å². The van der Waals surface area contributed by atoms with Crippen LogP contribution in [0.2, 0.25) is 0 Å². The second-order valence-electron chi connectivity index (χ2n) is 10.8. The fourth-order valence-electron chi connectivity index (χ4n) is 4.28. The van der Waals surface area contributed by atoms with Crippen LogP contribution in [0.5, 0.6) is 0 Å². The number of nitrogens with two attached hydrogens (primary N) is 1. The Bertz CT molecular complexity index is 1230. The first-order valence-corrected chi connectivity index (χ1v) is 12.9. The summed E-state index contributed by atoms with van der Waals surface area (Å²) in [5.41, 5.74) is 6.68. The van der Waals surface area contributed by atoms with Gasteiger partial charge in [-0.1, -0.05) is 55.3 Å². The molecule has 0 saturated heterocycles. The van der Waals surface area contributed by atoms with Gasteiger partial charge in [0.15, 0.2) is 0 Å². The summed E-state index contributed by atoms with van der Waals surface area (Å²) < 4.78 is 5.31. The molecule has 4 unspecified atom stereocenters. The molecule has 206 valence electrons. The lowest BCUT2D eigenvalue weighted by molar-refractivity contribution is -0.144. The van der Waals surface area contributed by atoms with Gasteiger partial charge in [-0.2, -0.15) is 0 Å². The first kappa shape index (κ1) is 29.2. The third-order valence-electron chi connectivity index (χ3n) is 6.30. The molecule has 39 heavy (non-hydrogen) atoms. The van der Waals surface area contributed by atoms with Gasteiger partial charge in [-0.15, -0.1) is 6.42 Å². The van der Waals surface area contributed by atoms with Gasteiger partial charge < -0.3 is 26.0 Å². The Morgan fingerprint density at radius 2 is 1.72 bits per heavy atom. The van der Waals surface area contributed by atoms with Crippen LogP contribution in [0.25, 0.3) is 0 Å². The lowest BCUT2D eigenvalue weighted by Crippen LogP contribution is -2.55. The molecule has 4 N–H and O–H groups in total. The Morgan fingerprint density at radius 1 is 1.10 bits per heavy atom. The topological polar surface area (TPSA) is 131 Å². The van der Waals surface area contributed by atoms with E-state index < -0.39 is 47.9 Å². The van der Waals surface area contributed by atoms with Crippen molar-refractivity contribution in [2.75, 3.05) is 0 Å². The summed E-state index contributed by atoms with van der Waals surface area (Å²) in [7, 11) is 0. The molecule has 2 aromatic carbocycles. The van der Waals surface area contributed by atoms with Crippen molar-refractivity contribution in [3.05, 3.63) is 71.3 Å². The van der Waals surface area contributed by atoms with Crippen LogP contribution < -0.4 is 16.4 Å². The Labute approximate surface area is 229 Å². The summed E-state index contributed by atoms with van der Waals surface area (Å²) >= 11 is 0. The number of ether oxygens (including phenoxy) is 1. The Balaban J connectivity index is 1.98. The molecule has 9 nitrogen and oxygen atoms in total. The molecule has 0 aliphatic heterocycles. The highest BCUT2D eigenvalue weighted by molar-refractivity contribution is 5.95. The molecule has 0 aromatic heterocycles. The monoisotopic (exact) mass is 532 g/mol. The van der Waals surface area contributed by atoms with Crippen LogP contribution in [0.1, 0.15) is 63.3 Å². The maximum absolute atomic E-state index is 14.1. The number of primary amides is 1. The minimum absolute atomic E-state index is 0.110. The lowest BCUT2D eigenvalue weighted by Gasteiger charge is -2.35. The zero-order valence-corrected chi connectivity index (χ0v) is 22.8. The highest BCUT2D eigenvalue weighted by atomic mass is 16.6. The zero-order valence-electron chi connectivity index (χ0n) is 22.8. The molecule has 1 saturated carbocycles. The molecule has 1 aliphatic carbocycles. The van der Waals surface area contributed by atoms with E-state index in [1.165, 1.54) is 4.90 Å². The molecular weight excluding hydrogens is 496 g/mol. The second-order valence-corrected chi connectivity index (χ2v) is 10.8. The van der Waals surface area contributed by atoms with Crippen molar-refractivity contribution < 1.29 is 23.9 Å². The molecule has 9 heteroatoms. The summed E-state index contributed by atoms with van der Waals surface area (Å²) in [5, 5.41) is 5.43. The fourth-order valence-corrected chi connectivity index (χ4v) is 4.28. The lowest BCUT2D eigenvalue weighted by atomic mass is 10.00. The summed E-state index contributed by atoms with van der Waals surface area (Å²) in [5.74, 6) is 0.869. The molecule has 0 spiro atoms. The van der Waals surface area contributed by atoms with Crippen LogP contribution in [-0.2, 0) is 25.7 Å². The molecule has 4 atom stereocenters. The van der Waals surface area contributed by atoms with Gasteiger partial charge in [0.25, 0.3) is 0 Å². The van der Waals surface area contributed by atoms with Crippen LogP contribution in [-0.4, -0.2) is 46.4 Å². The molecule has 1 aliphatic rings. The normalized spacial score (nSPS) is 17.6. The third kappa shape index (κ3) is 8.34. The molecule has 1 fully saturated rings. The van der Waals surface area contributed by atoms with Gasteiger partial charge in [-0.25, -0.2) is 4.79 Å². The number of carbonyl (C=O) groups excluding carboxylic acids is 4. The first-order valence-electron chi connectivity index (χ1n) is 12.9. The SMILES string of the molecule is C#Cc1ccc(C(C(=O)NCc2ccccc2)N(C(=O)C(CC(N)=O)NC(=O)OC(C)(C)C)C2CC2C)cc1. The molecule has 0 bridgehead atoms. The summed E-state index contributed by atoms with van der Waals surface area (Å²) in [6.45, 7) is 7.27. The average Bonchev–Trinajstić information content (AvgIpc) is 3.60. The summed E-state index contributed by atoms with van der Waals surface area (Å²) in [4.78, 5) is 53.8. The van der Waals surface area contributed by atoms with E-state index in [9.17, 15) is 19.2 Å². The number of carbonyl (C=O) groups is 4. The standard InChI is InChI=1S/C30H36N4O5/c1-6-20-12-14-22(15-13-20)26(27(36)32-18-21-10-8-7-9-11-21)34(24-16-19(24)2)28(37)23(17-25(31)35)33-29(38)39-30(3,4)5/h1,7-15,19,23-24,26H,16-18H2,2-5H3,(H2,31,35)(H,32,36)(H,33,38). The molecule has 3 rings (SSSR count). The number of hydrogen-bond donors (Lipinski definition) is 3. The Hall–Kier alpha value is -4.32. The van der Waals surface area contributed by atoms with Gasteiger partial charge in [0, 0.05) is 18.2 Å². The highest BCUT2D eigenvalue weighted by Gasteiger charge is 2.48. The van der Waals surface area contributed by atoms with Crippen molar-refractivity contribution in [2.24, 2.45) is 11.7 Å². The number of hydrogen-bond acceptors (Lipinski definition) is 5. The fraction of sp³-hybridized carbons (Fsp3) is 0.400. The number of terminal acetylenes is 1. The molecule has 4 amide bonds. The van der Waals surface area contributed by atoms with Gasteiger partial charge in [0.1, 0.15) is 17.7 Å². The van der Waals surface area contributed by atoms with E-state index >= 15 is 0 Å². The average molecular weight is 533 g/mol. The number of benzene rings is 2. The molecule has 2 aromatic rings. The Kier molecular flexibility index (Phi) is 9.36. The van der Waals surface area contributed by atoms with E-state index in [-0.39, 0.29) is 18.5 Å². The smallest absolute Gasteiger partial charge is 0.408 e.